The zero-order valence-electron chi connectivity index (χ0n) is 16.2. The highest BCUT2D eigenvalue weighted by atomic mass is 32.2. The van der Waals surface area contributed by atoms with Crippen molar-refractivity contribution in [3.8, 4) is 0 Å². The van der Waals surface area contributed by atoms with Gasteiger partial charge in [0.2, 0.25) is 0 Å². The van der Waals surface area contributed by atoms with E-state index >= 15 is 0 Å². The highest BCUT2D eigenvalue weighted by Crippen LogP contribution is 2.10. The molecule has 0 amide bonds. The van der Waals surface area contributed by atoms with E-state index in [-0.39, 0.29) is 11.5 Å². The van der Waals surface area contributed by atoms with E-state index in [0.29, 0.717) is 13.1 Å². The Labute approximate surface area is 159 Å². The van der Waals surface area contributed by atoms with Gasteiger partial charge in [-0.05, 0) is 24.8 Å². The first-order chi connectivity index (χ1) is 12.4. The number of unbranched alkanes of at least 4 members (excludes halogenated alkanes) is 5. The molecule has 0 fully saturated rings. The van der Waals surface area contributed by atoms with Gasteiger partial charge in [-0.15, -0.1) is 13.2 Å². The van der Waals surface area contributed by atoms with Crippen molar-refractivity contribution in [3.63, 3.8) is 0 Å². The molecule has 0 radical (unpaired) electrons. The van der Waals surface area contributed by atoms with E-state index in [1.165, 1.54) is 31.4 Å². The second kappa shape index (κ2) is 14.4. The second-order valence-corrected chi connectivity index (χ2v) is 8.06. The number of ether oxygens (including phenoxy) is 1. The van der Waals surface area contributed by atoms with Crippen LogP contribution in [0.25, 0.3) is 0 Å². The van der Waals surface area contributed by atoms with Crippen LogP contribution in [0.1, 0.15) is 45.4 Å². The van der Waals surface area contributed by atoms with Crippen LogP contribution in [0.3, 0.4) is 0 Å². The zero-order chi connectivity index (χ0) is 19.8. The first-order valence-corrected chi connectivity index (χ1v) is 11.0. The fourth-order valence-electron chi connectivity index (χ4n) is 2.24. The third-order valence-electron chi connectivity index (χ3n) is 3.60. The van der Waals surface area contributed by atoms with Crippen molar-refractivity contribution in [2.45, 2.75) is 45.4 Å². The number of nitrogens with zero attached hydrogens (tertiary/aromatic N) is 1. The van der Waals surface area contributed by atoms with E-state index in [1.54, 1.807) is 18.4 Å². The van der Waals surface area contributed by atoms with Gasteiger partial charge in [0.1, 0.15) is 0 Å². The molecule has 0 aromatic heterocycles. The summed E-state index contributed by atoms with van der Waals surface area (Å²) in [4.78, 5) is 13.6. The topological polar surface area (TPSA) is 63.7 Å². The molecule has 0 aliphatic heterocycles. The van der Waals surface area contributed by atoms with Gasteiger partial charge in [-0.1, -0.05) is 51.2 Å². The van der Waals surface area contributed by atoms with Gasteiger partial charge < -0.3 is 9.64 Å². The minimum atomic E-state index is -3.66. The SMILES string of the molecule is C=CCN(/C=C/C=C(\C(=O)OCCCCCCCC)S(C)(=O)=O)CC=C. The summed E-state index contributed by atoms with van der Waals surface area (Å²) < 4.78 is 28.8. The minimum absolute atomic E-state index is 0.237. The van der Waals surface area contributed by atoms with E-state index < -0.39 is 15.8 Å². The van der Waals surface area contributed by atoms with Crippen LogP contribution in [0.2, 0.25) is 0 Å². The molecule has 0 N–H and O–H groups in total. The molecule has 6 heteroatoms. The van der Waals surface area contributed by atoms with Crippen molar-refractivity contribution in [3.05, 3.63) is 48.6 Å². The number of rotatable bonds is 15. The lowest BCUT2D eigenvalue weighted by Crippen LogP contribution is -2.17. The smallest absolute Gasteiger partial charge is 0.349 e. The summed E-state index contributed by atoms with van der Waals surface area (Å²) >= 11 is 0. The lowest BCUT2D eigenvalue weighted by Gasteiger charge is -2.15. The number of carbonyl (C=O) groups excluding carboxylic acids is 1. The molecule has 0 heterocycles. The molecule has 0 unspecified atom stereocenters. The van der Waals surface area contributed by atoms with Crippen LogP contribution in [0.4, 0.5) is 0 Å². The lowest BCUT2D eigenvalue weighted by atomic mass is 10.1. The van der Waals surface area contributed by atoms with Gasteiger partial charge in [0.15, 0.2) is 14.7 Å². The molecule has 0 saturated heterocycles. The van der Waals surface area contributed by atoms with Crippen molar-refractivity contribution in [1.29, 1.82) is 0 Å². The summed E-state index contributed by atoms with van der Waals surface area (Å²) in [7, 11) is -3.66. The van der Waals surface area contributed by atoms with Crippen LogP contribution >= 0.6 is 0 Å². The predicted molar refractivity (Wildman–Crippen MR) is 108 cm³/mol. The lowest BCUT2D eigenvalue weighted by molar-refractivity contribution is -0.138. The minimum Gasteiger partial charge on any atom is -0.462 e. The number of hydrogen-bond donors (Lipinski definition) is 0. The Morgan fingerprint density at radius 3 is 2.15 bits per heavy atom. The monoisotopic (exact) mass is 383 g/mol. The molecule has 26 heavy (non-hydrogen) atoms. The zero-order valence-corrected chi connectivity index (χ0v) is 17.0. The van der Waals surface area contributed by atoms with Gasteiger partial charge >= 0.3 is 5.97 Å². The predicted octanol–water partition coefficient (Wildman–Crippen LogP) is 4.01. The summed E-state index contributed by atoms with van der Waals surface area (Å²) in [6, 6.07) is 0. The first kappa shape index (κ1) is 24.2. The van der Waals surface area contributed by atoms with Crippen LogP contribution in [0, 0.1) is 0 Å². The molecule has 0 aromatic carbocycles. The molecular formula is C20H33NO4S. The molecule has 0 aliphatic rings. The van der Waals surface area contributed by atoms with Gasteiger partial charge in [0.05, 0.1) is 6.61 Å². The molecule has 0 atom stereocenters. The van der Waals surface area contributed by atoms with Gasteiger partial charge in [0, 0.05) is 19.3 Å². The molecule has 0 aromatic rings. The highest BCUT2D eigenvalue weighted by Gasteiger charge is 2.21. The largest absolute Gasteiger partial charge is 0.462 e. The fraction of sp³-hybridized carbons (Fsp3) is 0.550. The third kappa shape index (κ3) is 11.7. The van der Waals surface area contributed by atoms with Gasteiger partial charge in [0.25, 0.3) is 0 Å². The van der Waals surface area contributed by atoms with Crippen molar-refractivity contribution < 1.29 is 17.9 Å². The Morgan fingerprint density at radius 1 is 1.04 bits per heavy atom. The maximum Gasteiger partial charge on any atom is 0.349 e. The van der Waals surface area contributed by atoms with Crippen molar-refractivity contribution in [2.75, 3.05) is 26.0 Å². The maximum atomic E-state index is 12.1. The summed E-state index contributed by atoms with van der Waals surface area (Å²) in [5, 5.41) is 0. The Kier molecular flexibility index (Phi) is 13.4. The van der Waals surface area contributed by atoms with Gasteiger partial charge in [-0.2, -0.15) is 0 Å². The van der Waals surface area contributed by atoms with Crippen LogP contribution in [0.5, 0.6) is 0 Å². The van der Waals surface area contributed by atoms with E-state index in [0.717, 1.165) is 25.5 Å². The average Bonchev–Trinajstić information content (AvgIpc) is 2.57. The van der Waals surface area contributed by atoms with E-state index in [2.05, 4.69) is 20.1 Å². The fourth-order valence-corrected chi connectivity index (χ4v) is 2.93. The maximum absolute atomic E-state index is 12.1. The molecule has 0 spiro atoms. The first-order valence-electron chi connectivity index (χ1n) is 9.08. The third-order valence-corrected chi connectivity index (χ3v) is 4.71. The number of sulfone groups is 1. The summed E-state index contributed by atoms with van der Waals surface area (Å²) in [5.74, 6) is -0.801. The summed E-state index contributed by atoms with van der Waals surface area (Å²) in [6.07, 6.45) is 15.3. The Bertz CT molecular complexity index is 581. The quantitative estimate of drug-likeness (QED) is 0.141. The second-order valence-electron chi connectivity index (χ2n) is 6.08. The number of esters is 1. The highest BCUT2D eigenvalue weighted by molar-refractivity contribution is 7.95. The molecule has 0 rings (SSSR count). The van der Waals surface area contributed by atoms with E-state index in [4.69, 9.17) is 4.74 Å². The normalized spacial score (nSPS) is 12.2. The Balaban J connectivity index is 4.70. The molecule has 0 aliphatic carbocycles. The molecular weight excluding hydrogens is 350 g/mol. The number of allylic oxidation sites excluding steroid dienone is 2. The molecule has 0 saturated carbocycles. The molecule has 148 valence electrons. The van der Waals surface area contributed by atoms with Crippen molar-refractivity contribution in [2.24, 2.45) is 0 Å². The number of hydrogen-bond acceptors (Lipinski definition) is 5. The van der Waals surface area contributed by atoms with E-state index in [9.17, 15) is 13.2 Å². The van der Waals surface area contributed by atoms with Crippen molar-refractivity contribution >= 4 is 15.8 Å². The Hall–Kier alpha value is -1.82. The van der Waals surface area contributed by atoms with Gasteiger partial charge in [-0.3, -0.25) is 0 Å². The Morgan fingerprint density at radius 2 is 1.62 bits per heavy atom. The van der Waals surface area contributed by atoms with Crippen LogP contribution in [-0.2, 0) is 19.4 Å². The summed E-state index contributed by atoms with van der Waals surface area (Å²) in [5.41, 5.74) is 0. The van der Waals surface area contributed by atoms with Gasteiger partial charge in [-0.25, -0.2) is 13.2 Å². The van der Waals surface area contributed by atoms with Crippen LogP contribution in [0.15, 0.2) is 48.6 Å². The summed E-state index contributed by atoms with van der Waals surface area (Å²) in [6.45, 7) is 10.9. The van der Waals surface area contributed by atoms with Crippen LogP contribution < -0.4 is 0 Å². The number of carbonyl (C=O) groups is 1. The van der Waals surface area contributed by atoms with Crippen molar-refractivity contribution in [1.82, 2.24) is 4.90 Å². The molecule has 5 nitrogen and oxygen atoms in total. The molecule has 0 bridgehead atoms. The standard InChI is InChI=1S/C20H33NO4S/c1-5-8-9-10-11-12-18-25-20(22)19(26(4,23)24)14-13-17-21(15-6-2)16-7-3/h6-7,13-14,17H,2-3,5,8-12,15-16,18H2,1,4H3/b17-13+,19-14+. The average molecular weight is 384 g/mol. The van der Waals surface area contributed by atoms with Crippen LogP contribution in [-0.4, -0.2) is 45.2 Å². The van der Waals surface area contributed by atoms with E-state index in [1.807, 2.05) is 4.90 Å².